The van der Waals surface area contributed by atoms with Crippen LogP contribution in [0.15, 0.2) is 0 Å². The lowest BCUT2D eigenvalue weighted by Crippen LogP contribution is -2.36. The van der Waals surface area contributed by atoms with Crippen LogP contribution in [0.25, 0.3) is 0 Å². The van der Waals surface area contributed by atoms with Crippen LogP contribution < -0.4 is 5.32 Å². The summed E-state index contributed by atoms with van der Waals surface area (Å²) in [6.07, 6.45) is 2.73. The summed E-state index contributed by atoms with van der Waals surface area (Å²) >= 11 is 0. The van der Waals surface area contributed by atoms with Gasteiger partial charge in [0.25, 0.3) is 0 Å². The van der Waals surface area contributed by atoms with Crippen LogP contribution >= 0.6 is 0 Å². The van der Waals surface area contributed by atoms with Gasteiger partial charge >= 0.3 is 0 Å². The molecule has 0 aromatic carbocycles. The van der Waals surface area contributed by atoms with Gasteiger partial charge in [-0.2, -0.15) is 0 Å². The summed E-state index contributed by atoms with van der Waals surface area (Å²) in [5.41, 5.74) is 0.618. The van der Waals surface area contributed by atoms with Crippen molar-refractivity contribution in [1.29, 1.82) is 0 Å². The molecule has 0 unspecified atom stereocenters. The fourth-order valence-electron chi connectivity index (χ4n) is 1.53. The van der Waals surface area contributed by atoms with Crippen molar-refractivity contribution < 1.29 is 0 Å². The minimum atomic E-state index is 0.618. The Kier molecular flexibility index (Phi) is 1.08. The predicted molar refractivity (Wildman–Crippen MR) is 37.5 cm³/mol. The first-order valence-electron chi connectivity index (χ1n) is 3.74. The summed E-state index contributed by atoms with van der Waals surface area (Å²) in [5, 5.41) is 3.44. The third kappa shape index (κ3) is 0.970. The van der Waals surface area contributed by atoms with Gasteiger partial charge < -0.3 is 10.2 Å². The van der Waals surface area contributed by atoms with E-state index in [4.69, 9.17) is 0 Å². The van der Waals surface area contributed by atoms with E-state index in [1.807, 2.05) is 0 Å². The highest BCUT2D eigenvalue weighted by Crippen LogP contribution is 2.29. The van der Waals surface area contributed by atoms with E-state index in [0.29, 0.717) is 5.54 Å². The van der Waals surface area contributed by atoms with Gasteiger partial charge in [-0.3, -0.25) is 0 Å². The molecule has 0 aromatic rings. The summed E-state index contributed by atoms with van der Waals surface area (Å²) in [4.78, 5) is 2.41. The molecular weight excluding hydrogens is 112 g/mol. The molecule has 0 aliphatic carbocycles. The van der Waals surface area contributed by atoms with Crippen molar-refractivity contribution in [2.75, 3.05) is 26.7 Å². The molecule has 1 spiro atoms. The maximum Gasteiger partial charge on any atom is 0.0331 e. The summed E-state index contributed by atoms with van der Waals surface area (Å²) in [6.45, 7) is 3.85. The van der Waals surface area contributed by atoms with E-state index >= 15 is 0 Å². The summed E-state index contributed by atoms with van der Waals surface area (Å²) in [6, 6.07) is 0. The zero-order chi connectivity index (χ0) is 6.32. The molecule has 1 N–H and O–H groups in total. The SMILES string of the molecule is CN1CCC2(CC1)CN2. The molecule has 2 fully saturated rings. The molecular formula is C7H14N2. The van der Waals surface area contributed by atoms with Gasteiger partial charge in [0.15, 0.2) is 0 Å². The predicted octanol–water partition coefficient (Wildman–Crippen LogP) is 0.0540. The number of nitrogens with zero attached hydrogens (tertiary/aromatic N) is 1. The van der Waals surface area contributed by atoms with Gasteiger partial charge in [-0.25, -0.2) is 0 Å². The van der Waals surface area contributed by atoms with Crippen molar-refractivity contribution in [3.63, 3.8) is 0 Å². The van der Waals surface area contributed by atoms with Crippen LogP contribution in [0.4, 0.5) is 0 Å². The number of likely N-dealkylation sites (tertiary alicyclic amines) is 1. The molecule has 0 amide bonds. The smallest absolute Gasteiger partial charge is 0.0331 e. The Balaban J connectivity index is 1.91. The number of piperidine rings is 1. The average molecular weight is 126 g/mol. The highest BCUT2D eigenvalue weighted by atomic mass is 15.2. The van der Waals surface area contributed by atoms with Gasteiger partial charge in [0.05, 0.1) is 0 Å². The Morgan fingerprint density at radius 1 is 1.33 bits per heavy atom. The largest absolute Gasteiger partial charge is 0.308 e. The molecule has 2 aliphatic heterocycles. The zero-order valence-electron chi connectivity index (χ0n) is 5.98. The van der Waals surface area contributed by atoms with Crippen LogP contribution in [0.3, 0.4) is 0 Å². The first-order valence-corrected chi connectivity index (χ1v) is 3.74. The lowest BCUT2D eigenvalue weighted by molar-refractivity contribution is 0.242. The molecule has 52 valence electrons. The molecule has 0 atom stereocenters. The van der Waals surface area contributed by atoms with Gasteiger partial charge in [-0.05, 0) is 33.0 Å². The van der Waals surface area contributed by atoms with E-state index in [0.717, 1.165) is 0 Å². The van der Waals surface area contributed by atoms with E-state index in [1.54, 1.807) is 0 Å². The Morgan fingerprint density at radius 2 is 1.89 bits per heavy atom. The Labute approximate surface area is 56.2 Å². The monoisotopic (exact) mass is 126 g/mol. The minimum absolute atomic E-state index is 0.618. The minimum Gasteiger partial charge on any atom is -0.308 e. The normalized spacial score (nSPS) is 33.0. The van der Waals surface area contributed by atoms with Gasteiger partial charge in [-0.1, -0.05) is 0 Å². The topological polar surface area (TPSA) is 25.2 Å². The van der Waals surface area contributed by atoms with Gasteiger partial charge in [0.2, 0.25) is 0 Å². The van der Waals surface area contributed by atoms with E-state index < -0.39 is 0 Å². The lowest BCUT2D eigenvalue weighted by Gasteiger charge is -2.27. The van der Waals surface area contributed by atoms with Crippen LogP contribution in [0.2, 0.25) is 0 Å². The van der Waals surface area contributed by atoms with E-state index in [-0.39, 0.29) is 0 Å². The number of hydrogen-bond donors (Lipinski definition) is 1. The molecule has 2 saturated heterocycles. The molecule has 2 aliphatic rings. The van der Waals surface area contributed by atoms with Crippen molar-refractivity contribution in [2.45, 2.75) is 18.4 Å². The molecule has 2 rings (SSSR count). The summed E-state index contributed by atoms with van der Waals surface area (Å²) in [7, 11) is 2.20. The Hall–Kier alpha value is -0.0800. The van der Waals surface area contributed by atoms with E-state index in [2.05, 4.69) is 17.3 Å². The Morgan fingerprint density at radius 3 is 2.33 bits per heavy atom. The average Bonchev–Trinajstić information content (AvgIpc) is 2.60. The molecule has 0 bridgehead atoms. The van der Waals surface area contributed by atoms with Gasteiger partial charge in [0.1, 0.15) is 0 Å². The second kappa shape index (κ2) is 1.70. The van der Waals surface area contributed by atoms with Crippen molar-refractivity contribution >= 4 is 0 Å². The summed E-state index contributed by atoms with van der Waals surface area (Å²) in [5.74, 6) is 0. The van der Waals surface area contributed by atoms with Crippen LogP contribution in [0.5, 0.6) is 0 Å². The highest BCUT2D eigenvalue weighted by molar-refractivity contribution is 5.06. The van der Waals surface area contributed by atoms with E-state index in [1.165, 1.54) is 32.5 Å². The quantitative estimate of drug-likeness (QED) is 0.464. The van der Waals surface area contributed by atoms with Gasteiger partial charge in [0, 0.05) is 12.1 Å². The summed E-state index contributed by atoms with van der Waals surface area (Å²) < 4.78 is 0. The first-order chi connectivity index (χ1) is 4.31. The second-order valence-corrected chi connectivity index (χ2v) is 3.44. The van der Waals surface area contributed by atoms with Crippen molar-refractivity contribution in [3.05, 3.63) is 0 Å². The third-order valence-electron chi connectivity index (χ3n) is 2.62. The number of rotatable bonds is 0. The zero-order valence-corrected chi connectivity index (χ0v) is 5.98. The van der Waals surface area contributed by atoms with Crippen LogP contribution in [-0.2, 0) is 0 Å². The molecule has 9 heavy (non-hydrogen) atoms. The van der Waals surface area contributed by atoms with Crippen molar-refractivity contribution in [1.82, 2.24) is 10.2 Å². The second-order valence-electron chi connectivity index (χ2n) is 3.44. The first kappa shape index (κ1) is 5.69. The molecule has 2 heteroatoms. The van der Waals surface area contributed by atoms with E-state index in [9.17, 15) is 0 Å². The van der Waals surface area contributed by atoms with Crippen molar-refractivity contribution in [2.24, 2.45) is 0 Å². The van der Waals surface area contributed by atoms with Crippen LogP contribution in [0.1, 0.15) is 12.8 Å². The lowest BCUT2D eigenvalue weighted by atomic mass is 9.98. The molecule has 0 aromatic heterocycles. The molecule has 2 nitrogen and oxygen atoms in total. The molecule has 0 saturated carbocycles. The standard InChI is InChI=1S/C7H14N2/c1-9-4-2-7(3-5-9)6-8-7/h8H,2-6H2,1H3. The van der Waals surface area contributed by atoms with Crippen molar-refractivity contribution in [3.8, 4) is 0 Å². The van der Waals surface area contributed by atoms with Gasteiger partial charge in [-0.15, -0.1) is 0 Å². The van der Waals surface area contributed by atoms with Crippen LogP contribution in [0, 0.1) is 0 Å². The fourth-order valence-corrected chi connectivity index (χ4v) is 1.53. The highest BCUT2D eigenvalue weighted by Gasteiger charge is 2.43. The molecule has 0 radical (unpaired) electrons. The fraction of sp³-hybridized carbons (Fsp3) is 1.00. The maximum absolute atomic E-state index is 3.44. The number of nitrogens with one attached hydrogen (secondary N) is 1. The number of hydrogen-bond acceptors (Lipinski definition) is 2. The molecule has 2 heterocycles. The Bertz CT molecular complexity index is 108. The third-order valence-corrected chi connectivity index (χ3v) is 2.62. The maximum atomic E-state index is 3.44. The van der Waals surface area contributed by atoms with Crippen LogP contribution in [-0.4, -0.2) is 37.1 Å².